The maximum absolute atomic E-state index is 11.3. The van der Waals surface area contributed by atoms with E-state index < -0.39 is 5.97 Å². The second kappa shape index (κ2) is 5.16. The van der Waals surface area contributed by atoms with Crippen LogP contribution in [0, 0.1) is 0 Å². The van der Waals surface area contributed by atoms with Gasteiger partial charge in [-0.1, -0.05) is 17.7 Å². The Kier molecular flexibility index (Phi) is 3.78. The smallest absolute Gasteiger partial charge is 0.339 e. The second-order valence-corrected chi connectivity index (χ2v) is 5.12. The molecule has 4 nitrogen and oxygen atoms in total. The standard InChI is InChI=1S/C13H17ClN2O2/c1-9-8-16(7-6-15(9)2)11-5-3-4-10(14)12(11)13(17)18/h3-5,9H,6-8H2,1-2H3,(H,17,18). The van der Waals surface area contributed by atoms with Gasteiger partial charge in [0.15, 0.2) is 0 Å². The van der Waals surface area contributed by atoms with Gasteiger partial charge in [0.1, 0.15) is 5.56 Å². The van der Waals surface area contributed by atoms with Crippen molar-refractivity contribution < 1.29 is 9.90 Å². The number of rotatable bonds is 2. The fourth-order valence-electron chi connectivity index (χ4n) is 2.26. The molecule has 0 bridgehead atoms. The molecule has 0 aromatic heterocycles. The minimum Gasteiger partial charge on any atom is -0.478 e. The molecular formula is C13H17ClN2O2. The normalized spacial score (nSPS) is 21.1. The Labute approximate surface area is 112 Å². The van der Waals surface area contributed by atoms with E-state index in [1.54, 1.807) is 12.1 Å². The van der Waals surface area contributed by atoms with Crippen LogP contribution in [0.5, 0.6) is 0 Å². The molecule has 1 aliphatic rings. The third kappa shape index (κ3) is 2.44. The lowest BCUT2D eigenvalue weighted by molar-refractivity contribution is 0.0697. The summed E-state index contributed by atoms with van der Waals surface area (Å²) in [6.45, 7) is 4.70. The van der Waals surface area contributed by atoms with E-state index in [0.29, 0.717) is 11.1 Å². The van der Waals surface area contributed by atoms with E-state index in [2.05, 4.69) is 23.8 Å². The summed E-state index contributed by atoms with van der Waals surface area (Å²) in [5, 5.41) is 9.57. The quantitative estimate of drug-likeness (QED) is 0.893. The fourth-order valence-corrected chi connectivity index (χ4v) is 2.51. The zero-order valence-corrected chi connectivity index (χ0v) is 11.3. The van der Waals surface area contributed by atoms with E-state index in [-0.39, 0.29) is 5.56 Å². The van der Waals surface area contributed by atoms with Crippen molar-refractivity contribution in [2.75, 3.05) is 31.6 Å². The molecule has 1 heterocycles. The summed E-state index contributed by atoms with van der Waals surface area (Å²) >= 11 is 5.99. The zero-order valence-electron chi connectivity index (χ0n) is 10.6. The van der Waals surface area contributed by atoms with Crippen molar-refractivity contribution in [2.24, 2.45) is 0 Å². The van der Waals surface area contributed by atoms with Gasteiger partial charge < -0.3 is 14.9 Å². The molecule has 0 saturated carbocycles. The second-order valence-electron chi connectivity index (χ2n) is 4.71. The first-order chi connectivity index (χ1) is 8.50. The van der Waals surface area contributed by atoms with Crippen LogP contribution in [0.1, 0.15) is 17.3 Å². The van der Waals surface area contributed by atoms with Gasteiger partial charge in [-0.05, 0) is 26.1 Å². The van der Waals surface area contributed by atoms with E-state index in [0.717, 1.165) is 25.3 Å². The number of aromatic carboxylic acids is 1. The summed E-state index contributed by atoms with van der Waals surface area (Å²) in [4.78, 5) is 15.7. The van der Waals surface area contributed by atoms with Crippen LogP contribution in [-0.2, 0) is 0 Å². The molecular weight excluding hydrogens is 252 g/mol. The molecule has 98 valence electrons. The molecule has 1 aromatic rings. The molecule has 0 aliphatic carbocycles. The molecule has 1 unspecified atom stereocenters. The molecule has 1 atom stereocenters. The molecule has 1 saturated heterocycles. The van der Waals surface area contributed by atoms with Gasteiger partial charge in [0.2, 0.25) is 0 Å². The van der Waals surface area contributed by atoms with E-state index >= 15 is 0 Å². The number of nitrogens with zero attached hydrogens (tertiary/aromatic N) is 2. The van der Waals surface area contributed by atoms with Crippen LogP contribution in [0.3, 0.4) is 0 Å². The minimum atomic E-state index is -0.970. The van der Waals surface area contributed by atoms with Crippen LogP contribution in [0.15, 0.2) is 18.2 Å². The number of likely N-dealkylation sites (N-methyl/N-ethyl adjacent to an activating group) is 1. The number of benzene rings is 1. The summed E-state index contributed by atoms with van der Waals surface area (Å²) in [5.41, 5.74) is 0.922. The number of carboxylic acid groups (broad SMARTS) is 1. The van der Waals surface area contributed by atoms with Gasteiger partial charge in [-0.15, -0.1) is 0 Å². The summed E-state index contributed by atoms with van der Waals surface area (Å²) in [5.74, 6) is -0.970. The zero-order chi connectivity index (χ0) is 13.3. The Morgan fingerprint density at radius 2 is 2.17 bits per heavy atom. The van der Waals surface area contributed by atoms with Crippen LogP contribution in [-0.4, -0.2) is 48.7 Å². The summed E-state index contributed by atoms with van der Waals surface area (Å²) in [7, 11) is 2.08. The highest BCUT2D eigenvalue weighted by molar-refractivity contribution is 6.34. The van der Waals surface area contributed by atoms with Gasteiger partial charge in [0, 0.05) is 25.7 Å². The van der Waals surface area contributed by atoms with E-state index in [1.165, 1.54) is 0 Å². The van der Waals surface area contributed by atoms with Crippen molar-refractivity contribution >= 4 is 23.3 Å². The molecule has 1 aliphatic heterocycles. The third-order valence-corrected chi connectivity index (χ3v) is 3.82. The van der Waals surface area contributed by atoms with Gasteiger partial charge in [-0.2, -0.15) is 0 Å². The maximum atomic E-state index is 11.3. The van der Waals surface area contributed by atoms with Crippen LogP contribution in [0.4, 0.5) is 5.69 Å². The van der Waals surface area contributed by atoms with Gasteiger partial charge in [-0.3, -0.25) is 0 Å². The van der Waals surface area contributed by atoms with Gasteiger partial charge in [-0.25, -0.2) is 4.79 Å². The first kappa shape index (κ1) is 13.2. The van der Waals surface area contributed by atoms with Gasteiger partial charge >= 0.3 is 5.97 Å². The summed E-state index contributed by atoms with van der Waals surface area (Å²) in [6.07, 6.45) is 0. The van der Waals surface area contributed by atoms with Crippen LogP contribution in [0.25, 0.3) is 0 Å². The molecule has 18 heavy (non-hydrogen) atoms. The van der Waals surface area contributed by atoms with Crippen molar-refractivity contribution in [3.05, 3.63) is 28.8 Å². The number of carbonyl (C=O) groups is 1. The molecule has 5 heteroatoms. The number of carboxylic acids is 1. The monoisotopic (exact) mass is 268 g/mol. The van der Waals surface area contributed by atoms with E-state index in [9.17, 15) is 9.90 Å². The molecule has 0 amide bonds. The van der Waals surface area contributed by atoms with Crippen molar-refractivity contribution in [3.8, 4) is 0 Å². The SMILES string of the molecule is CC1CN(c2cccc(Cl)c2C(=O)O)CCN1C. The van der Waals surface area contributed by atoms with Crippen LogP contribution < -0.4 is 4.90 Å². The van der Waals surface area contributed by atoms with Crippen molar-refractivity contribution in [1.29, 1.82) is 0 Å². The number of hydrogen-bond donors (Lipinski definition) is 1. The highest BCUT2D eigenvalue weighted by Crippen LogP contribution is 2.29. The molecule has 1 fully saturated rings. The number of anilines is 1. The molecule has 2 rings (SSSR count). The van der Waals surface area contributed by atoms with Crippen LogP contribution in [0.2, 0.25) is 5.02 Å². The Bertz CT molecular complexity index is 464. The Hall–Kier alpha value is -1.26. The minimum absolute atomic E-state index is 0.205. The number of piperazine rings is 1. The average Bonchev–Trinajstić information content (AvgIpc) is 2.32. The lowest BCUT2D eigenvalue weighted by Crippen LogP contribution is -2.50. The fraction of sp³-hybridized carbons (Fsp3) is 0.462. The number of halogens is 1. The lowest BCUT2D eigenvalue weighted by atomic mass is 10.1. The molecule has 1 N–H and O–H groups in total. The average molecular weight is 269 g/mol. The topological polar surface area (TPSA) is 43.8 Å². The molecule has 0 radical (unpaired) electrons. The van der Waals surface area contributed by atoms with Crippen molar-refractivity contribution in [2.45, 2.75) is 13.0 Å². The maximum Gasteiger partial charge on any atom is 0.339 e. The largest absolute Gasteiger partial charge is 0.478 e. The third-order valence-electron chi connectivity index (χ3n) is 3.51. The predicted octanol–water partition coefficient (Wildman–Crippen LogP) is 2.18. The highest BCUT2D eigenvalue weighted by atomic mass is 35.5. The predicted molar refractivity (Wildman–Crippen MR) is 72.7 cm³/mol. The van der Waals surface area contributed by atoms with Gasteiger partial charge in [0.25, 0.3) is 0 Å². The lowest BCUT2D eigenvalue weighted by Gasteiger charge is -2.39. The van der Waals surface area contributed by atoms with Crippen LogP contribution >= 0.6 is 11.6 Å². The van der Waals surface area contributed by atoms with E-state index in [1.807, 2.05) is 6.07 Å². The summed E-state index contributed by atoms with van der Waals surface area (Å²) in [6, 6.07) is 5.65. The first-order valence-corrected chi connectivity index (χ1v) is 6.35. The number of hydrogen-bond acceptors (Lipinski definition) is 3. The molecule has 0 spiro atoms. The van der Waals surface area contributed by atoms with Crippen molar-refractivity contribution in [1.82, 2.24) is 4.90 Å². The summed E-state index contributed by atoms with van der Waals surface area (Å²) < 4.78 is 0. The Morgan fingerprint density at radius 3 is 2.78 bits per heavy atom. The first-order valence-electron chi connectivity index (χ1n) is 5.97. The highest BCUT2D eigenvalue weighted by Gasteiger charge is 2.25. The van der Waals surface area contributed by atoms with Crippen molar-refractivity contribution in [3.63, 3.8) is 0 Å². The Morgan fingerprint density at radius 1 is 1.44 bits per heavy atom. The van der Waals surface area contributed by atoms with E-state index in [4.69, 9.17) is 11.6 Å². The Balaban J connectivity index is 2.34. The molecule has 1 aromatic carbocycles. The van der Waals surface area contributed by atoms with Gasteiger partial charge in [0.05, 0.1) is 10.7 Å².